The number of benzene rings is 1. The lowest BCUT2D eigenvalue weighted by atomic mass is 10.1. The Kier molecular flexibility index (Phi) is 5.03. The minimum Gasteiger partial charge on any atom is -0.317 e. The Morgan fingerprint density at radius 3 is 2.64 bits per heavy atom. The van der Waals surface area contributed by atoms with Gasteiger partial charge in [-0.25, -0.2) is 14.5 Å². The summed E-state index contributed by atoms with van der Waals surface area (Å²) >= 11 is 0. The molecule has 3 aromatic rings. The van der Waals surface area contributed by atoms with Crippen molar-refractivity contribution < 1.29 is 4.79 Å². The van der Waals surface area contributed by atoms with E-state index >= 15 is 0 Å². The summed E-state index contributed by atoms with van der Waals surface area (Å²) in [6.07, 6.45) is 5.90. The molecule has 0 spiro atoms. The lowest BCUT2D eigenvalue weighted by Gasteiger charge is -2.29. The summed E-state index contributed by atoms with van der Waals surface area (Å²) in [4.78, 5) is 19.6. The number of fused-ring (bicyclic) bond motifs is 1. The molecule has 1 saturated carbocycles. The molecule has 28 heavy (non-hydrogen) atoms. The molecule has 0 aliphatic heterocycles. The minimum absolute atomic E-state index is 0.0827. The SMILES string of the molecule is CC(C1CC1)N(Cc1ccccc1)C(=O)Nc1cnc2c(cnn2C(C)C)c1. The number of hydrogen-bond acceptors (Lipinski definition) is 3. The average molecular weight is 377 g/mol. The highest BCUT2D eigenvalue weighted by Crippen LogP contribution is 2.36. The van der Waals surface area contributed by atoms with Crippen LogP contribution in [0.15, 0.2) is 48.8 Å². The molecule has 1 aliphatic carbocycles. The molecule has 2 aromatic heterocycles. The maximum atomic E-state index is 13.1. The molecule has 0 bridgehead atoms. The van der Waals surface area contributed by atoms with Crippen LogP contribution < -0.4 is 5.32 Å². The number of hydrogen-bond donors (Lipinski definition) is 1. The van der Waals surface area contributed by atoms with Crippen LogP contribution in [0.25, 0.3) is 11.0 Å². The molecule has 2 amide bonds. The first-order chi connectivity index (χ1) is 13.5. The van der Waals surface area contributed by atoms with E-state index < -0.39 is 0 Å². The van der Waals surface area contributed by atoms with Crippen molar-refractivity contribution in [1.82, 2.24) is 19.7 Å². The van der Waals surface area contributed by atoms with Gasteiger partial charge < -0.3 is 10.2 Å². The largest absolute Gasteiger partial charge is 0.322 e. The molecule has 1 aromatic carbocycles. The second-order valence-electron chi connectivity index (χ2n) is 7.94. The van der Waals surface area contributed by atoms with Crippen LogP contribution in [0.1, 0.15) is 45.2 Å². The summed E-state index contributed by atoms with van der Waals surface area (Å²) < 4.78 is 1.89. The molecule has 1 N–H and O–H groups in total. The first-order valence-electron chi connectivity index (χ1n) is 9.97. The van der Waals surface area contributed by atoms with E-state index in [-0.39, 0.29) is 18.1 Å². The third kappa shape index (κ3) is 3.86. The summed E-state index contributed by atoms with van der Waals surface area (Å²) in [7, 11) is 0. The molecule has 0 radical (unpaired) electrons. The Balaban J connectivity index is 1.54. The fourth-order valence-electron chi connectivity index (χ4n) is 3.60. The first-order valence-corrected chi connectivity index (χ1v) is 9.97. The molecule has 1 fully saturated rings. The van der Waals surface area contributed by atoms with Gasteiger partial charge in [0.05, 0.1) is 18.1 Å². The van der Waals surface area contributed by atoms with Crippen LogP contribution in [-0.2, 0) is 6.54 Å². The van der Waals surface area contributed by atoms with E-state index in [9.17, 15) is 4.79 Å². The second-order valence-corrected chi connectivity index (χ2v) is 7.94. The van der Waals surface area contributed by atoms with Gasteiger partial charge in [0.15, 0.2) is 5.65 Å². The smallest absolute Gasteiger partial charge is 0.317 e. The summed E-state index contributed by atoms with van der Waals surface area (Å²) in [5.74, 6) is 0.597. The summed E-state index contributed by atoms with van der Waals surface area (Å²) in [6, 6.07) is 12.5. The minimum atomic E-state index is -0.0827. The quantitative estimate of drug-likeness (QED) is 0.668. The van der Waals surface area contributed by atoms with Crippen LogP contribution in [0.5, 0.6) is 0 Å². The van der Waals surface area contributed by atoms with E-state index in [1.807, 2.05) is 33.8 Å². The molecule has 1 aliphatic rings. The van der Waals surface area contributed by atoms with Gasteiger partial charge in [-0.3, -0.25) is 0 Å². The summed E-state index contributed by atoms with van der Waals surface area (Å²) in [6.45, 7) is 6.90. The number of carbonyl (C=O) groups excluding carboxylic acids is 1. The highest BCUT2D eigenvalue weighted by atomic mass is 16.2. The number of rotatable bonds is 6. The molecule has 1 unspecified atom stereocenters. The Bertz CT molecular complexity index is 961. The molecular formula is C22H27N5O. The molecule has 4 rings (SSSR count). The third-order valence-corrected chi connectivity index (χ3v) is 5.43. The van der Waals surface area contributed by atoms with Crippen molar-refractivity contribution in [2.75, 3.05) is 5.32 Å². The predicted octanol–water partition coefficient (Wildman–Crippen LogP) is 4.84. The van der Waals surface area contributed by atoms with E-state index in [1.165, 1.54) is 12.8 Å². The predicted molar refractivity (Wildman–Crippen MR) is 111 cm³/mol. The monoisotopic (exact) mass is 377 g/mol. The number of anilines is 1. The van der Waals surface area contributed by atoms with Gasteiger partial charge in [0.25, 0.3) is 0 Å². The van der Waals surface area contributed by atoms with Gasteiger partial charge in [-0.2, -0.15) is 5.10 Å². The van der Waals surface area contributed by atoms with Crippen molar-refractivity contribution in [1.29, 1.82) is 0 Å². The van der Waals surface area contributed by atoms with E-state index in [0.29, 0.717) is 18.2 Å². The fourth-order valence-corrected chi connectivity index (χ4v) is 3.60. The van der Waals surface area contributed by atoms with Gasteiger partial charge in [-0.1, -0.05) is 30.3 Å². The van der Waals surface area contributed by atoms with Crippen molar-refractivity contribution in [3.8, 4) is 0 Å². The van der Waals surface area contributed by atoms with Crippen molar-refractivity contribution in [2.45, 2.75) is 52.2 Å². The van der Waals surface area contributed by atoms with Crippen molar-refractivity contribution >= 4 is 22.8 Å². The third-order valence-electron chi connectivity index (χ3n) is 5.43. The molecule has 6 nitrogen and oxygen atoms in total. The van der Waals surface area contributed by atoms with Crippen LogP contribution in [0.3, 0.4) is 0 Å². The molecule has 2 heterocycles. The second kappa shape index (κ2) is 7.62. The first kappa shape index (κ1) is 18.5. The van der Waals surface area contributed by atoms with Crippen molar-refractivity contribution in [2.24, 2.45) is 5.92 Å². The number of carbonyl (C=O) groups is 1. The fraction of sp³-hybridized carbons (Fsp3) is 0.409. The van der Waals surface area contributed by atoms with Crippen LogP contribution in [0.2, 0.25) is 0 Å². The number of amides is 2. The van der Waals surface area contributed by atoms with Gasteiger partial charge in [-0.05, 0) is 51.2 Å². The molecule has 146 valence electrons. The Morgan fingerprint density at radius 2 is 1.96 bits per heavy atom. The summed E-state index contributed by atoms with van der Waals surface area (Å²) in [5, 5.41) is 8.37. The normalized spacial score (nSPS) is 15.0. The molecular weight excluding hydrogens is 350 g/mol. The zero-order valence-corrected chi connectivity index (χ0v) is 16.7. The molecule has 0 saturated heterocycles. The highest BCUT2D eigenvalue weighted by molar-refractivity contribution is 5.91. The Labute approximate surface area is 165 Å². The van der Waals surface area contributed by atoms with Crippen LogP contribution in [0.4, 0.5) is 10.5 Å². The number of aromatic nitrogens is 3. The average Bonchev–Trinajstić information content (AvgIpc) is 3.45. The van der Waals surface area contributed by atoms with E-state index in [4.69, 9.17) is 0 Å². The Morgan fingerprint density at radius 1 is 1.21 bits per heavy atom. The van der Waals surface area contributed by atoms with E-state index in [0.717, 1.165) is 16.6 Å². The molecule has 6 heteroatoms. The van der Waals surface area contributed by atoms with Gasteiger partial charge in [0, 0.05) is 24.0 Å². The van der Waals surface area contributed by atoms with E-state index in [1.54, 1.807) is 12.4 Å². The van der Waals surface area contributed by atoms with Crippen molar-refractivity contribution in [3.05, 3.63) is 54.4 Å². The number of urea groups is 1. The maximum absolute atomic E-state index is 13.1. The zero-order valence-electron chi connectivity index (χ0n) is 16.7. The standard InChI is InChI=1S/C22H27N5O/c1-15(2)27-21-19(12-24-27)11-20(13-23-21)25-22(28)26(16(3)18-9-10-18)14-17-7-5-4-6-8-17/h4-8,11-13,15-16,18H,9-10,14H2,1-3H3,(H,25,28). The van der Waals surface area contributed by atoms with Crippen LogP contribution >= 0.6 is 0 Å². The van der Waals surface area contributed by atoms with Crippen LogP contribution in [-0.4, -0.2) is 31.7 Å². The number of nitrogens with zero attached hydrogens (tertiary/aromatic N) is 4. The maximum Gasteiger partial charge on any atom is 0.322 e. The lowest BCUT2D eigenvalue weighted by molar-refractivity contribution is 0.181. The number of nitrogens with one attached hydrogen (secondary N) is 1. The van der Waals surface area contributed by atoms with Gasteiger partial charge in [0.2, 0.25) is 0 Å². The van der Waals surface area contributed by atoms with E-state index in [2.05, 4.69) is 48.3 Å². The molecule has 1 atom stereocenters. The Hall–Kier alpha value is -2.89. The van der Waals surface area contributed by atoms with Gasteiger partial charge >= 0.3 is 6.03 Å². The number of pyridine rings is 1. The zero-order chi connectivity index (χ0) is 19.7. The van der Waals surface area contributed by atoms with Gasteiger partial charge in [-0.15, -0.1) is 0 Å². The topological polar surface area (TPSA) is 63.1 Å². The van der Waals surface area contributed by atoms with Crippen LogP contribution in [0, 0.1) is 5.92 Å². The van der Waals surface area contributed by atoms with Gasteiger partial charge in [0.1, 0.15) is 0 Å². The highest BCUT2D eigenvalue weighted by Gasteiger charge is 2.34. The lowest BCUT2D eigenvalue weighted by Crippen LogP contribution is -2.42. The van der Waals surface area contributed by atoms with Crippen molar-refractivity contribution in [3.63, 3.8) is 0 Å². The summed E-state index contributed by atoms with van der Waals surface area (Å²) in [5.41, 5.74) is 2.67.